The van der Waals surface area contributed by atoms with E-state index in [9.17, 15) is 9.59 Å². The van der Waals surface area contributed by atoms with Gasteiger partial charge in [-0.1, -0.05) is 19.1 Å². The van der Waals surface area contributed by atoms with Gasteiger partial charge in [0.25, 0.3) is 0 Å². The molecular formula is C11H12INO3. The standard InChI is InChI=1S/C11H12INO3/c1-6(11(15)16)9(10(13)14)7-2-4-8(12)5-3-7/h2-6,9H,1H3,(H2,13,14)(H,15,16). The van der Waals surface area contributed by atoms with Crippen LogP contribution in [-0.2, 0) is 9.59 Å². The van der Waals surface area contributed by atoms with Crippen LogP contribution in [0.25, 0.3) is 0 Å². The van der Waals surface area contributed by atoms with Crippen LogP contribution in [0.1, 0.15) is 18.4 Å². The Bertz CT molecular complexity index is 402. The van der Waals surface area contributed by atoms with Gasteiger partial charge in [-0.2, -0.15) is 0 Å². The van der Waals surface area contributed by atoms with Crippen molar-refractivity contribution in [2.24, 2.45) is 11.7 Å². The second-order valence-corrected chi connectivity index (χ2v) is 4.80. The van der Waals surface area contributed by atoms with Crippen LogP contribution < -0.4 is 5.73 Å². The molecule has 0 radical (unpaired) electrons. The van der Waals surface area contributed by atoms with Crippen LogP contribution in [0.2, 0.25) is 0 Å². The third-order valence-electron chi connectivity index (χ3n) is 2.43. The predicted molar refractivity (Wildman–Crippen MR) is 67.9 cm³/mol. The van der Waals surface area contributed by atoms with Crippen LogP contribution in [0, 0.1) is 9.49 Å². The maximum absolute atomic E-state index is 11.3. The monoisotopic (exact) mass is 333 g/mol. The highest BCUT2D eigenvalue weighted by atomic mass is 127. The number of nitrogens with two attached hydrogens (primary N) is 1. The quantitative estimate of drug-likeness (QED) is 0.821. The van der Waals surface area contributed by atoms with Gasteiger partial charge in [-0.15, -0.1) is 0 Å². The number of hydrogen-bond donors (Lipinski definition) is 2. The summed E-state index contributed by atoms with van der Waals surface area (Å²) in [5, 5.41) is 8.91. The number of rotatable bonds is 4. The Balaban J connectivity index is 3.07. The summed E-state index contributed by atoms with van der Waals surface area (Å²) in [5.41, 5.74) is 5.88. The van der Waals surface area contributed by atoms with Crippen molar-refractivity contribution in [2.45, 2.75) is 12.8 Å². The summed E-state index contributed by atoms with van der Waals surface area (Å²) >= 11 is 2.14. The highest BCUT2D eigenvalue weighted by Crippen LogP contribution is 2.25. The third-order valence-corrected chi connectivity index (χ3v) is 3.14. The fourth-order valence-corrected chi connectivity index (χ4v) is 1.87. The molecule has 0 saturated heterocycles. The molecule has 0 fully saturated rings. The zero-order chi connectivity index (χ0) is 12.3. The van der Waals surface area contributed by atoms with Crippen LogP contribution in [0.4, 0.5) is 0 Å². The molecule has 2 unspecified atom stereocenters. The number of carbonyl (C=O) groups is 2. The van der Waals surface area contributed by atoms with Gasteiger partial charge in [0.05, 0.1) is 11.8 Å². The lowest BCUT2D eigenvalue weighted by atomic mass is 9.87. The topological polar surface area (TPSA) is 80.4 Å². The van der Waals surface area contributed by atoms with Crippen molar-refractivity contribution < 1.29 is 14.7 Å². The number of carboxylic acid groups (broad SMARTS) is 1. The fraction of sp³-hybridized carbons (Fsp3) is 0.273. The van der Waals surface area contributed by atoms with E-state index < -0.39 is 23.7 Å². The molecule has 3 N–H and O–H groups in total. The minimum atomic E-state index is -1.03. The molecule has 0 aliphatic carbocycles. The largest absolute Gasteiger partial charge is 0.481 e. The van der Waals surface area contributed by atoms with E-state index in [1.165, 1.54) is 6.92 Å². The highest BCUT2D eigenvalue weighted by Gasteiger charge is 2.29. The van der Waals surface area contributed by atoms with Gasteiger partial charge in [-0.05, 0) is 40.3 Å². The normalized spacial score (nSPS) is 14.1. The number of amides is 1. The van der Waals surface area contributed by atoms with Crippen LogP contribution >= 0.6 is 22.6 Å². The van der Waals surface area contributed by atoms with Crippen LogP contribution in [0.5, 0.6) is 0 Å². The van der Waals surface area contributed by atoms with Crippen molar-refractivity contribution in [3.63, 3.8) is 0 Å². The molecule has 0 bridgehead atoms. The fourth-order valence-electron chi connectivity index (χ4n) is 1.51. The maximum Gasteiger partial charge on any atom is 0.307 e. The van der Waals surface area contributed by atoms with E-state index in [-0.39, 0.29) is 0 Å². The first-order valence-corrected chi connectivity index (χ1v) is 5.79. The number of carboxylic acids is 1. The van der Waals surface area contributed by atoms with Crippen molar-refractivity contribution >= 4 is 34.5 Å². The van der Waals surface area contributed by atoms with E-state index in [1.54, 1.807) is 12.1 Å². The Morgan fingerprint density at radius 2 is 1.81 bits per heavy atom. The first kappa shape index (κ1) is 13.0. The molecule has 5 heteroatoms. The summed E-state index contributed by atoms with van der Waals surface area (Å²) in [6.07, 6.45) is 0. The lowest BCUT2D eigenvalue weighted by Crippen LogP contribution is -2.30. The molecule has 2 atom stereocenters. The zero-order valence-electron chi connectivity index (χ0n) is 8.68. The van der Waals surface area contributed by atoms with Gasteiger partial charge in [0.1, 0.15) is 0 Å². The summed E-state index contributed by atoms with van der Waals surface area (Å²) in [4.78, 5) is 22.2. The van der Waals surface area contributed by atoms with Crippen molar-refractivity contribution in [1.29, 1.82) is 0 Å². The molecule has 4 nitrogen and oxygen atoms in total. The molecule has 1 aromatic carbocycles. The molecule has 1 amide bonds. The number of halogens is 1. The summed E-state index contributed by atoms with van der Waals surface area (Å²) < 4.78 is 1.02. The van der Waals surface area contributed by atoms with E-state index in [2.05, 4.69) is 22.6 Å². The Hall–Kier alpha value is -1.11. The number of aliphatic carboxylic acids is 1. The molecule has 0 aliphatic rings. The van der Waals surface area contributed by atoms with Crippen molar-refractivity contribution in [3.8, 4) is 0 Å². The molecule has 0 heterocycles. The summed E-state index contributed by atoms with van der Waals surface area (Å²) in [5.74, 6) is -3.24. The zero-order valence-corrected chi connectivity index (χ0v) is 10.8. The first-order valence-electron chi connectivity index (χ1n) is 4.71. The Morgan fingerprint density at radius 3 is 2.19 bits per heavy atom. The minimum absolute atomic E-state index is 0.615. The molecule has 0 spiro atoms. The van der Waals surface area contributed by atoms with Gasteiger partial charge in [-0.25, -0.2) is 0 Å². The SMILES string of the molecule is CC(C(=O)O)C(C(N)=O)c1ccc(I)cc1. The minimum Gasteiger partial charge on any atom is -0.481 e. The molecule has 86 valence electrons. The van der Waals surface area contributed by atoms with E-state index in [1.807, 2.05) is 12.1 Å². The van der Waals surface area contributed by atoms with Gasteiger partial charge in [0.2, 0.25) is 5.91 Å². The van der Waals surface area contributed by atoms with E-state index in [0.29, 0.717) is 5.56 Å². The maximum atomic E-state index is 11.3. The molecule has 1 rings (SSSR count). The average Bonchev–Trinajstić information content (AvgIpc) is 2.20. The van der Waals surface area contributed by atoms with E-state index in [4.69, 9.17) is 10.8 Å². The van der Waals surface area contributed by atoms with Gasteiger partial charge >= 0.3 is 5.97 Å². The van der Waals surface area contributed by atoms with E-state index >= 15 is 0 Å². The molecule has 16 heavy (non-hydrogen) atoms. The summed E-state index contributed by atoms with van der Waals surface area (Å²) in [6, 6.07) is 7.11. The third kappa shape index (κ3) is 2.94. The van der Waals surface area contributed by atoms with Gasteiger partial charge in [0.15, 0.2) is 0 Å². The average molecular weight is 333 g/mol. The molecule has 0 aromatic heterocycles. The van der Waals surface area contributed by atoms with Gasteiger partial charge in [-0.3, -0.25) is 9.59 Å². The number of benzene rings is 1. The highest BCUT2D eigenvalue weighted by molar-refractivity contribution is 14.1. The first-order chi connectivity index (χ1) is 7.43. The molecule has 1 aromatic rings. The number of hydrogen-bond acceptors (Lipinski definition) is 2. The van der Waals surface area contributed by atoms with Crippen LogP contribution in [-0.4, -0.2) is 17.0 Å². The lowest BCUT2D eigenvalue weighted by Gasteiger charge is -2.17. The van der Waals surface area contributed by atoms with Gasteiger partial charge < -0.3 is 10.8 Å². The molecule has 0 aliphatic heterocycles. The van der Waals surface area contributed by atoms with Crippen LogP contribution in [0.3, 0.4) is 0 Å². The summed E-state index contributed by atoms with van der Waals surface area (Å²) in [7, 11) is 0. The Kier molecular flexibility index (Phi) is 4.28. The van der Waals surface area contributed by atoms with E-state index in [0.717, 1.165) is 3.57 Å². The number of carbonyl (C=O) groups excluding carboxylic acids is 1. The van der Waals surface area contributed by atoms with Crippen molar-refractivity contribution in [1.82, 2.24) is 0 Å². The lowest BCUT2D eigenvalue weighted by molar-refractivity contribution is -0.144. The smallest absolute Gasteiger partial charge is 0.307 e. The molecule has 0 saturated carbocycles. The Labute approximate surface area is 107 Å². The van der Waals surface area contributed by atoms with Crippen molar-refractivity contribution in [3.05, 3.63) is 33.4 Å². The Morgan fingerprint density at radius 1 is 1.31 bits per heavy atom. The van der Waals surface area contributed by atoms with Gasteiger partial charge in [0, 0.05) is 3.57 Å². The second kappa shape index (κ2) is 5.29. The van der Waals surface area contributed by atoms with Crippen molar-refractivity contribution in [2.75, 3.05) is 0 Å². The molecular weight excluding hydrogens is 321 g/mol. The summed E-state index contributed by atoms with van der Waals surface area (Å²) in [6.45, 7) is 1.48. The number of primary amides is 1. The predicted octanol–water partition coefficient (Wildman–Crippen LogP) is 1.58. The van der Waals surface area contributed by atoms with Crippen LogP contribution in [0.15, 0.2) is 24.3 Å². The second-order valence-electron chi connectivity index (χ2n) is 3.56.